The maximum absolute atomic E-state index is 12.6. The van der Waals surface area contributed by atoms with Gasteiger partial charge >= 0.3 is 0 Å². The number of hydrogen-bond donors (Lipinski definition) is 1. The Bertz CT molecular complexity index is 579. The maximum atomic E-state index is 12.6. The molecule has 19 heavy (non-hydrogen) atoms. The predicted octanol–water partition coefficient (Wildman–Crippen LogP) is 1.94. The Labute approximate surface area is 123 Å². The minimum absolute atomic E-state index is 0.0649. The molecule has 0 heterocycles. The van der Waals surface area contributed by atoms with Crippen LogP contribution in [0.3, 0.4) is 0 Å². The monoisotopic (exact) mass is 344 g/mol. The van der Waals surface area contributed by atoms with Crippen LogP contribution in [0.5, 0.6) is 0 Å². The van der Waals surface area contributed by atoms with Gasteiger partial charge in [0.1, 0.15) is 0 Å². The number of nitrogens with two attached hydrogens (primary N) is 1. The molecule has 1 aromatic rings. The molecule has 0 aliphatic carbocycles. The molecule has 4 nitrogen and oxygen atoms in total. The fourth-order valence-corrected chi connectivity index (χ4v) is 4.07. The van der Waals surface area contributed by atoms with Gasteiger partial charge in [-0.15, -0.1) is 6.42 Å². The highest BCUT2D eigenvalue weighted by molar-refractivity contribution is 9.10. The Hall–Kier alpha value is -0.870. The van der Waals surface area contributed by atoms with Crippen molar-refractivity contribution >= 4 is 26.0 Å². The fourth-order valence-electron chi connectivity index (χ4n) is 1.65. The average Bonchev–Trinajstić information content (AvgIpc) is 2.39. The first-order valence-electron chi connectivity index (χ1n) is 5.89. The molecular formula is C13H17BrN2O2S. The molecule has 0 bridgehead atoms. The largest absolute Gasteiger partial charge is 0.326 e. The summed E-state index contributed by atoms with van der Waals surface area (Å²) in [6, 6.07) is 5.06. The zero-order valence-corrected chi connectivity index (χ0v) is 13.2. The highest BCUT2D eigenvalue weighted by Gasteiger charge is 2.25. The first-order chi connectivity index (χ1) is 8.97. The average molecular weight is 345 g/mol. The normalized spacial score (nSPS) is 11.5. The van der Waals surface area contributed by atoms with Crippen LogP contribution >= 0.6 is 15.9 Å². The maximum Gasteiger partial charge on any atom is 0.245 e. The molecule has 0 aliphatic rings. The van der Waals surface area contributed by atoms with Crippen molar-refractivity contribution in [2.75, 3.05) is 13.1 Å². The van der Waals surface area contributed by atoms with Gasteiger partial charge in [0.2, 0.25) is 10.0 Å². The van der Waals surface area contributed by atoms with E-state index in [2.05, 4.69) is 21.9 Å². The van der Waals surface area contributed by atoms with Crippen LogP contribution in [0.15, 0.2) is 27.6 Å². The SMILES string of the molecule is C#CCN(CCC)S(=O)(=O)c1cc(CN)ccc1Br. The summed E-state index contributed by atoms with van der Waals surface area (Å²) in [6.45, 7) is 2.66. The quantitative estimate of drug-likeness (QED) is 0.802. The van der Waals surface area contributed by atoms with Gasteiger partial charge < -0.3 is 5.73 Å². The molecule has 0 atom stereocenters. The van der Waals surface area contributed by atoms with Gasteiger partial charge in [-0.2, -0.15) is 4.31 Å². The number of sulfonamides is 1. The topological polar surface area (TPSA) is 63.4 Å². The molecule has 0 aliphatic heterocycles. The molecule has 1 rings (SSSR count). The molecule has 0 radical (unpaired) electrons. The highest BCUT2D eigenvalue weighted by atomic mass is 79.9. The third-order valence-corrected chi connectivity index (χ3v) is 5.43. The Kier molecular flexibility index (Phi) is 6.01. The molecule has 1 aromatic carbocycles. The number of halogens is 1. The molecule has 0 amide bonds. The zero-order valence-electron chi connectivity index (χ0n) is 10.8. The van der Waals surface area contributed by atoms with Crippen molar-refractivity contribution in [2.24, 2.45) is 5.73 Å². The predicted molar refractivity (Wildman–Crippen MR) is 79.9 cm³/mol. The second-order valence-electron chi connectivity index (χ2n) is 4.01. The van der Waals surface area contributed by atoms with Crippen LogP contribution < -0.4 is 5.73 Å². The standard InChI is InChI=1S/C13H17BrN2O2S/c1-3-7-16(8-4-2)19(17,18)13-9-11(10-15)5-6-12(13)14/h1,5-6,9H,4,7-8,10,15H2,2H3. The van der Waals surface area contributed by atoms with Crippen molar-refractivity contribution in [3.63, 3.8) is 0 Å². The van der Waals surface area contributed by atoms with Gasteiger partial charge in [-0.25, -0.2) is 8.42 Å². The number of nitrogens with zero attached hydrogens (tertiary/aromatic N) is 1. The van der Waals surface area contributed by atoms with Crippen molar-refractivity contribution in [1.29, 1.82) is 0 Å². The van der Waals surface area contributed by atoms with E-state index < -0.39 is 10.0 Å². The molecule has 6 heteroatoms. The third kappa shape index (κ3) is 3.80. The molecule has 0 fully saturated rings. The second kappa shape index (κ2) is 7.06. The van der Waals surface area contributed by atoms with Crippen LogP contribution in [-0.2, 0) is 16.6 Å². The van der Waals surface area contributed by atoms with Gasteiger partial charge in [-0.3, -0.25) is 0 Å². The van der Waals surface area contributed by atoms with Crippen molar-refractivity contribution in [3.8, 4) is 12.3 Å². The fraction of sp³-hybridized carbons (Fsp3) is 0.385. The summed E-state index contributed by atoms with van der Waals surface area (Å²) in [5, 5.41) is 0. The van der Waals surface area contributed by atoms with E-state index in [0.29, 0.717) is 24.0 Å². The van der Waals surface area contributed by atoms with Crippen LogP contribution in [0, 0.1) is 12.3 Å². The Morgan fingerprint density at radius 2 is 2.16 bits per heavy atom. The number of terminal acetylenes is 1. The van der Waals surface area contributed by atoms with Crippen LogP contribution in [-0.4, -0.2) is 25.8 Å². The molecule has 0 saturated carbocycles. The minimum atomic E-state index is -3.60. The molecule has 2 N–H and O–H groups in total. The van der Waals surface area contributed by atoms with Crippen molar-refractivity contribution in [2.45, 2.75) is 24.8 Å². The molecule has 104 valence electrons. The van der Waals surface area contributed by atoms with Gasteiger partial charge in [-0.1, -0.05) is 18.9 Å². The number of hydrogen-bond acceptors (Lipinski definition) is 3. The number of benzene rings is 1. The number of rotatable bonds is 6. The lowest BCUT2D eigenvalue weighted by Gasteiger charge is -2.20. The molecular weight excluding hydrogens is 328 g/mol. The van der Waals surface area contributed by atoms with E-state index in [1.165, 1.54) is 4.31 Å². The van der Waals surface area contributed by atoms with Crippen molar-refractivity contribution < 1.29 is 8.42 Å². The van der Waals surface area contributed by atoms with E-state index in [9.17, 15) is 8.42 Å². The summed E-state index contributed by atoms with van der Waals surface area (Å²) in [4.78, 5) is 0.208. The van der Waals surface area contributed by atoms with Crippen LogP contribution in [0.2, 0.25) is 0 Å². The highest BCUT2D eigenvalue weighted by Crippen LogP contribution is 2.26. The summed E-state index contributed by atoms with van der Waals surface area (Å²) in [5.41, 5.74) is 6.31. The third-order valence-electron chi connectivity index (χ3n) is 2.59. The molecule has 0 saturated heterocycles. The lowest BCUT2D eigenvalue weighted by Crippen LogP contribution is -2.32. The van der Waals surface area contributed by atoms with Gasteiger partial charge in [0.05, 0.1) is 11.4 Å². The van der Waals surface area contributed by atoms with Crippen molar-refractivity contribution in [3.05, 3.63) is 28.2 Å². The lowest BCUT2D eigenvalue weighted by molar-refractivity contribution is 0.445. The van der Waals surface area contributed by atoms with Gasteiger partial charge in [0, 0.05) is 17.6 Å². The second-order valence-corrected chi connectivity index (χ2v) is 6.77. The van der Waals surface area contributed by atoms with E-state index >= 15 is 0 Å². The lowest BCUT2D eigenvalue weighted by atomic mass is 10.2. The summed E-state index contributed by atoms with van der Waals surface area (Å²) < 4.78 is 26.9. The summed E-state index contributed by atoms with van der Waals surface area (Å²) in [5.74, 6) is 2.38. The van der Waals surface area contributed by atoms with Crippen molar-refractivity contribution in [1.82, 2.24) is 4.31 Å². The van der Waals surface area contributed by atoms with Gasteiger partial charge in [0.25, 0.3) is 0 Å². The van der Waals surface area contributed by atoms with E-state index in [1.807, 2.05) is 6.92 Å². The summed E-state index contributed by atoms with van der Waals surface area (Å²) in [6.07, 6.45) is 5.94. The molecule has 0 spiro atoms. The first kappa shape index (κ1) is 16.2. The smallest absolute Gasteiger partial charge is 0.245 e. The van der Waals surface area contributed by atoms with Gasteiger partial charge in [-0.05, 0) is 40.0 Å². The van der Waals surface area contributed by atoms with Crippen LogP contribution in [0.1, 0.15) is 18.9 Å². The summed E-state index contributed by atoms with van der Waals surface area (Å²) in [7, 11) is -3.60. The van der Waals surface area contributed by atoms with Crippen LogP contribution in [0.4, 0.5) is 0 Å². The molecule has 0 aromatic heterocycles. The van der Waals surface area contributed by atoms with E-state index in [4.69, 9.17) is 12.2 Å². The van der Waals surface area contributed by atoms with Crippen LogP contribution in [0.25, 0.3) is 0 Å². The van der Waals surface area contributed by atoms with E-state index in [-0.39, 0.29) is 11.4 Å². The zero-order chi connectivity index (χ0) is 14.5. The first-order valence-corrected chi connectivity index (χ1v) is 8.12. The Balaban J connectivity index is 3.28. The Morgan fingerprint density at radius 3 is 2.68 bits per heavy atom. The van der Waals surface area contributed by atoms with Gasteiger partial charge in [0.15, 0.2) is 0 Å². The minimum Gasteiger partial charge on any atom is -0.326 e. The molecule has 0 unspecified atom stereocenters. The van der Waals surface area contributed by atoms with E-state index in [0.717, 1.165) is 5.56 Å². The summed E-state index contributed by atoms with van der Waals surface area (Å²) >= 11 is 3.27. The Morgan fingerprint density at radius 1 is 1.47 bits per heavy atom. The van der Waals surface area contributed by atoms with E-state index in [1.54, 1.807) is 18.2 Å².